The van der Waals surface area contributed by atoms with E-state index in [1.165, 1.54) is 35.2 Å². The Kier molecular flexibility index (Phi) is 7.31. The monoisotopic (exact) mass is 457 g/mol. The number of anilines is 2. The lowest BCUT2D eigenvalue weighted by Crippen LogP contribution is -2.20. The van der Waals surface area contributed by atoms with E-state index in [1.54, 1.807) is 52.9 Å². The maximum atomic E-state index is 14.9. The highest BCUT2D eigenvalue weighted by atomic mass is 19.1. The van der Waals surface area contributed by atoms with Crippen molar-refractivity contribution in [2.24, 2.45) is 0 Å². The predicted octanol–water partition coefficient (Wildman–Crippen LogP) is 6.49. The molecule has 0 amide bonds. The van der Waals surface area contributed by atoms with Crippen molar-refractivity contribution < 1.29 is 27.4 Å². The third kappa shape index (κ3) is 5.48. The Morgan fingerprint density at radius 3 is 2.33 bits per heavy atom. The van der Waals surface area contributed by atoms with E-state index in [2.05, 4.69) is 0 Å². The van der Waals surface area contributed by atoms with Crippen molar-refractivity contribution in [2.45, 2.75) is 33.8 Å². The van der Waals surface area contributed by atoms with E-state index < -0.39 is 23.4 Å². The van der Waals surface area contributed by atoms with Crippen molar-refractivity contribution >= 4 is 17.3 Å². The van der Waals surface area contributed by atoms with Crippen LogP contribution in [-0.4, -0.2) is 25.7 Å². The van der Waals surface area contributed by atoms with Crippen molar-refractivity contribution in [3.63, 3.8) is 0 Å². The predicted molar refractivity (Wildman–Crippen MR) is 122 cm³/mol. The maximum absolute atomic E-state index is 14.9. The molecule has 4 nitrogen and oxygen atoms in total. The van der Waals surface area contributed by atoms with Gasteiger partial charge in [0.1, 0.15) is 23.2 Å². The molecule has 0 saturated carbocycles. The molecule has 0 aliphatic carbocycles. The van der Waals surface area contributed by atoms with Gasteiger partial charge in [-0.15, -0.1) is 0 Å². The fourth-order valence-corrected chi connectivity index (χ4v) is 3.62. The van der Waals surface area contributed by atoms with Crippen molar-refractivity contribution in [1.82, 2.24) is 0 Å². The van der Waals surface area contributed by atoms with Crippen LogP contribution in [-0.2, 0) is 9.53 Å². The minimum Gasteiger partial charge on any atom is -0.482 e. The smallest absolute Gasteiger partial charge is 0.344 e. The van der Waals surface area contributed by atoms with E-state index in [0.29, 0.717) is 33.7 Å². The molecule has 0 aliphatic rings. The fourth-order valence-electron chi connectivity index (χ4n) is 3.62. The number of hydrogen-bond donors (Lipinski definition) is 0. The van der Waals surface area contributed by atoms with Gasteiger partial charge in [0, 0.05) is 23.9 Å². The van der Waals surface area contributed by atoms with Crippen LogP contribution in [0.1, 0.15) is 25.0 Å². The number of carbonyl (C=O) groups excluding carboxylic acids is 1. The first kappa shape index (κ1) is 24.2. The molecule has 3 aromatic rings. The van der Waals surface area contributed by atoms with Gasteiger partial charge in [-0.1, -0.05) is 12.1 Å². The highest BCUT2D eigenvalue weighted by Crippen LogP contribution is 2.38. The molecule has 3 aromatic carbocycles. The molecule has 3 rings (SSSR count). The Balaban J connectivity index is 1.99. The SMILES string of the molecule is Cc1c(F)cc(-c2cccc(F)c2)cc1N(C)c1c(F)ccc(OCC(=O)OC(C)C)c1C. The Labute approximate surface area is 191 Å². The number of nitrogens with zero attached hydrogens (tertiary/aromatic N) is 1. The Hall–Kier alpha value is -3.48. The minimum atomic E-state index is -0.539. The zero-order valence-electron chi connectivity index (χ0n) is 19.2. The number of halogens is 3. The van der Waals surface area contributed by atoms with Gasteiger partial charge in [-0.25, -0.2) is 18.0 Å². The largest absolute Gasteiger partial charge is 0.482 e. The van der Waals surface area contributed by atoms with Crippen molar-refractivity contribution in [2.75, 3.05) is 18.6 Å². The van der Waals surface area contributed by atoms with Crippen molar-refractivity contribution in [3.05, 3.63) is 77.1 Å². The third-order valence-corrected chi connectivity index (χ3v) is 5.22. The molecule has 0 N–H and O–H groups in total. The van der Waals surface area contributed by atoms with Crippen LogP contribution in [0.5, 0.6) is 5.75 Å². The molecule has 0 radical (unpaired) electrons. The number of benzene rings is 3. The van der Waals surface area contributed by atoms with Gasteiger partial charge < -0.3 is 14.4 Å². The summed E-state index contributed by atoms with van der Waals surface area (Å²) in [5.41, 5.74) is 2.29. The number of hydrogen-bond acceptors (Lipinski definition) is 4. The molecule has 0 unspecified atom stereocenters. The first-order chi connectivity index (χ1) is 15.6. The molecular weight excluding hydrogens is 431 g/mol. The Morgan fingerprint density at radius 2 is 1.67 bits per heavy atom. The average molecular weight is 457 g/mol. The molecule has 0 heterocycles. The van der Waals surface area contributed by atoms with E-state index in [-0.39, 0.29) is 18.4 Å². The van der Waals surface area contributed by atoms with Crippen LogP contribution in [0.25, 0.3) is 11.1 Å². The maximum Gasteiger partial charge on any atom is 0.344 e. The van der Waals surface area contributed by atoms with Crippen LogP contribution in [0.15, 0.2) is 48.5 Å². The van der Waals surface area contributed by atoms with Crippen LogP contribution >= 0.6 is 0 Å². The molecule has 0 aromatic heterocycles. The molecule has 0 atom stereocenters. The van der Waals surface area contributed by atoms with Gasteiger partial charge in [0.05, 0.1) is 11.8 Å². The van der Waals surface area contributed by atoms with Gasteiger partial charge in [0.2, 0.25) is 0 Å². The number of esters is 1. The lowest BCUT2D eigenvalue weighted by molar-refractivity contribution is -0.149. The van der Waals surface area contributed by atoms with Crippen LogP contribution in [0.4, 0.5) is 24.5 Å². The number of ether oxygens (including phenoxy) is 2. The highest BCUT2D eigenvalue weighted by molar-refractivity contribution is 5.77. The van der Waals surface area contributed by atoms with Crippen molar-refractivity contribution in [1.29, 1.82) is 0 Å². The van der Waals surface area contributed by atoms with Gasteiger partial charge in [0.25, 0.3) is 0 Å². The highest BCUT2D eigenvalue weighted by Gasteiger charge is 2.20. The van der Waals surface area contributed by atoms with E-state index in [9.17, 15) is 18.0 Å². The van der Waals surface area contributed by atoms with Gasteiger partial charge >= 0.3 is 5.97 Å². The molecule has 174 valence electrons. The summed E-state index contributed by atoms with van der Waals surface area (Å²) < 4.78 is 54.0. The zero-order chi connectivity index (χ0) is 24.3. The zero-order valence-corrected chi connectivity index (χ0v) is 19.2. The molecule has 0 fully saturated rings. The molecular formula is C26H26F3NO3. The molecule has 0 aliphatic heterocycles. The summed E-state index contributed by atoms with van der Waals surface area (Å²) >= 11 is 0. The Bertz CT molecular complexity index is 1180. The normalized spacial score (nSPS) is 10.9. The lowest BCUT2D eigenvalue weighted by Gasteiger charge is -2.26. The quantitative estimate of drug-likeness (QED) is 0.381. The van der Waals surface area contributed by atoms with E-state index in [0.717, 1.165) is 0 Å². The van der Waals surface area contributed by atoms with E-state index >= 15 is 0 Å². The van der Waals surface area contributed by atoms with Gasteiger partial charge in [-0.2, -0.15) is 0 Å². The summed E-state index contributed by atoms with van der Waals surface area (Å²) in [5.74, 6) is -1.71. The lowest BCUT2D eigenvalue weighted by atomic mass is 10.0. The number of carbonyl (C=O) groups is 1. The Morgan fingerprint density at radius 1 is 0.939 bits per heavy atom. The van der Waals surface area contributed by atoms with Crippen LogP contribution in [0.3, 0.4) is 0 Å². The molecule has 7 heteroatoms. The van der Waals surface area contributed by atoms with Crippen LogP contribution in [0.2, 0.25) is 0 Å². The first-order valence-corrected chi connectivity index (χ1v) is 10.5. The molecule has 33 heavy (non-hydrogen) atoms. The van der Waals surface area contributed by atoms with Gasteiger partial charge in [-0.3, -0.25) is 0 Å². The van der Waals surface area contributed by atoms with E-state index in [1.807, 2.05) is 0 Å². The number of rotatable bonds is 7. The third-order valence-electron chi connectivity index (χ3n) is 5.22. The second kappa shape index (κ2) is 9.98. The van der Waals surface area contributed by atoms with E-state index in [4.69, 9.17) is 9.47 Å². The fraction of sp³-hybridized carbons (Fsp3) is 0.269. The average Bonchev–Trinajstić information content (AvgIpc) is 2.74. The first-order valence-electron chi connectivity index (χ1n) is 10.5. The summed E-state index contributed by atoms with van der Waals surface area (Å²) in [7, 11) is 1.61. The summed E-state index contributed by atoms with van der Waals surface area (Å²) in [6.07, 6.45) is -0.277. The topological polar surface area (TPSA) is 38.8 Å². The van der Waals surface area contributed by atoms with Crippen LogP contribution < -0.4 is 9.64 Å². The summed E-state index contributed by atoms with van der Waals surface area (Å²) in [4.78, 5) is 13.3. The molecule has 0 saturated heterocycles. The molecule has 0 bridgehead atoms. The summed E-state index contributed by atoms with van der Waals surface area (Å²) in [6.45, 7) is 6.38. The minimum absolute atomic E-state index is 0.170. The standard InChI is InChI=1S/C26H26F3NO3/c1-15(2)33-25(31)14-32-24-10-9-21(28)26(17(24)4)30(5)23-13-19(12-22(29)16(23)3)18-7-6-8-20(27)11-18/h6-13,15H,14H2,1-5H3. The van der Waals surface area contributed by atoms with Crippen LogP contribution in [0, 0.1) is 31.3 Å². The summed E-state index contributed by atoms with van der Waals surface area (Å²) in [5, 5.41) is 0. The van der Waals surface area contributed by atoms with Crippen molar-refractivity contribution in [3.8, 4) is 16.9 Å². The molecule has 0 spiro atoms. The van der Waals surface area contributed by atoms with Gasteiger partial charge in [0.15, 0.2) is 6.61 Å². The summed E-state index contributed by atoms with van der Waals surface area (Å²) in [6, 6.07) is 11.5. The second-order valence-electron chi connectivity index (χ2n) is 8.02. The van der Waals surface area contributed by atoms with Gasteiger partial charge in [-0.05, 0) is 75.2 Å². The second-order valence-corrected chi connectivity index (χ2v) is 8.02.